The summed E-state index contributed by atoms with van der Waals surface area (Å²) in [7, 11) is 0. The Balaban J connectivity index is 1.70. The van der Waals surface area contributed by atoms with Crippen LogP contribution in [0.5, 0.6) is 0 Å². The molecule has 24 heavy (non-hydrogen) atoms. The number of ether oxygens (including phenoxy) is 1. The Labute approximate surface area is 144 Å². The van der Waals surface area contributed by atoms with Crippen molar-refractivity contribution >= 4 is 23.2 Å². The Morgan fingerprint density at radius 1 is 1.25 bits per heavy atom. The molecule has 0 bridgehead atoms. The molecule has 0 spiro atoms. The van der Waals surface area contributed by atoms with Gasteiger partial charge in [-0.1, -0.05) is 35.6 Å². The van der Waals surface area contributed by atoms with Crippen molar-refractivity contribution in [1.82, 2.24) is 9.88 Å². The summed E-state index contributed by atoms with van der Waals surface area (Å²) in [6.45, 7) is 3.72. The lowest BCUT2D eigenvalue weighted by atomic mass is 10.1. The zero-order chi connectivity index (χ0) is 17.5. The molecule has 0 saturated carbocycles. The molecule has 6 nitrogen and oxygen atoms in total. The number of benzene rings is 1. The van der Waals surface area contributed by atoms with Gasteiger partial charge in [0, 0.05) is 17.6 Å². The summed E-state index contributed by atoms with van der Waals surface area (Å²) in [6.07, 6.45) is 0.718. The number of aryl methyl sites for hydroxylation is 2. The van der Waals surface area contributed by atoms with Crippen LogP contribution < -0.4 is 10.2 Å². The van der Waals surface area contributed by atoms with Gasteiger partial charge in [-0.3, -0.25) is 19.0 Å². The lowest BCUT2D eigenvalue weighted by molar-refractivity contribution is -0.149. The Morgan fingerprint density at radius 2 is 2.00 bits per heavy atom. The second-order valence-corrected chi connectivity index (χ2v) is 6.24. The molecule has 0 aliphatic carbocycles. The molecule has 0 aliphatic heterocycles. The van der Waals surface area contributed by atoms with Crippen molar-refractivity contribution in [3.05, 3.63) is 56.1 Å². The maximum Gasteiger partial charge on any atom is 0.326 e. The molecule has 0 radical (unpaired) electrons. The molecule has 7 heteroatoms. The number of hydrogen-bond donors (Lipinski definition) is 1. The number of thiazole rings is 1. The number of carbonyl (C=O) groups excluding carboxylic acids is 2. The van der Waals surface area contributed by atoms with Crippen LogP contribution in [-0.2, 0) is 27.3 Å². The predicted molar refractivity (Wildman–Crippen MR) is 92.2 cm³/mol. The third kappa shape index (κ3) is 5.06. The first-order chi connectivity index (χ1) is 11.5. The van der Waals surface area contributed by atoms with E-state index in [1.807, 2.05) is 31.2 Å². The largest absolute Gasteiger partial charge is 0.454 e. The van der Waals surface area contributed by atoms with E-state index < -0.39 is 5.97 Å². The molecule has 1 heterocycles. The second kappa shape index (κ2) is 8.44. The Hall–Kier alpha value is -2.41. The fraction of sp³-hybridized carbons (Fsp3) is 0.353. The van der Waals surface area contributed by atoms with Gasteiger partial charge in [-0.15, -0.1) is 0 Å². The SMILES string of the molecule is Cc1ccccc1CCNC(=O)COC(=O)Cn1c(C)csc1=O. The van der Waals surface area contributed by atoms with Gasteiger partial charge in [-0.2, -0.15) is 0 Å². The number of carbonyl (C=O) groups is 2. The van der Waals surface area contributed by atoms with Crippen LogP contribution in [-0.4, -0.2) is 29.6 Å². The van der Waals surface area contributed by atoms with Gasteiger partial charge in [0.2, 0.25) is 0 Å². The van der Waals surface area contributed by atoms with Gasteiger partial charge in [0.05, 0.1) is 0 Å². The summed E-state index contributed by atoms with van der Waals surface area (Å²) in [4.78, 5) is 34.7. The van der Waals surface area contributed by atoms with Crippen LogP contribution in [0.15, 0.2) is 34.4 Å². The lowest BCUT2D eigenvalue weighted by Gasteiger charge is -2.08. The van der Waals surface area contributed by atoms with Crippen LogP contribution in [0.3, 0.4) is 0 Å². The van der Waals surface area contributed by atoms with Crippen LogP contribution in [0.25, 0.3) is 0 Å². The first kappa shape index (κ1) is 17.9. The van der Waals surface area contributed by atoms with Gasteiger partial charge in [-0.05, 0) is 31.4 Å². The standard InChI is InChI=1S/C17H20N2O4S/c1-12-5-3-4-6-14(12)7-8-18-15(20)10-23-16(21)9-19-13(2)11-24-17(19)22/h3-6,11H,7-10H2,1-2H3,(H,18,20). The van der Waals surface area contributed by atoms with E-state index in [1.54, 1.807) is 12.3 Å². The van der Waals surface area contributed by atoms with Gasteiger partial charge >= 0.3 is 10.8 Å². The van der Waals surface area contributed by atoms with E-state index in [-0.39, 0.29) is 23.9 Å². The van der Waals surface area contributed by atoms with E-state index in [2.05, 4.69) is 5.32 Å². The summed E-state index contributed by atoms with van der Waals surface area (Å²) in [6, 6.07) is 7.97. The fourth-order valence-electron chi connectivity index (χ4n) is 2.20. The molecule has 128 valence electrons. The van der Waals surface area contributed by atoms with Crippen molar-refractivity contribution in [2.45, 2.75) is 26.8 Å². The smallest absolute Gasteiger partial charge is 0.326 e. The highest BCUT2D eigenvalue weighted by atomic mass is 32.1. The maximum absolute atomic E-state index is 11.7. The molecule has 1 amide bonds. The summed E-state index contributed by atoms with van der Waals surface area (Å²) in [5.41, 5.74) is 3.04. The third-order valence-electron chi connectivity index (χ3n) is 3.61. The minimum Gasteiger partial charge on any atom is -0.454 e. The number of hydrogen-bond acceptors (Lipinski definition) is 5. The van der Waals surface area contributed by atoms with Crippen LogP contribution in [0.2, 0.25) is 0 Å². The number of nitrogens with one attached hydrogen (secondary N) is 1. The molecular weight excluding hydrogens is 328 g/mol. The average Bonchev–Trinajstić information content (AvgIpc) is 2.87. The predicted octanol–water partition coefficient (Wildman–Crippen LogP) is 1.43. The second-order valence-electron chi connectivity index (χ2n) is 5.42. The van der Waals surface area contributed by atoms with Gasteiger partial charge in [0.15, 0.2) is 6.61 Å². The molecule has 0 atom stereocenters. The molecule has 1 aromatic heterocycles. The van der Waals surface area contributed by atoms with Gasteiger partial charge < -0.3 is 10.1 Å². The van der Waals surface area contributed by atoms with E-state index in [0.717, 1.165) is 17.8 Å². The summed E-state index contributed by atoms with van der Waals surface area (Å²) >= 11 is 1.03. The number of esters is 1. The monoisotopic (exact) mass is 348 g/mol. The first-order valence-corrected chi connectivity index (χ1v) is 8.47. The average molecular weight is 348 g/mol. The number of amides is 1. The van der Waals surface area contributed by atoms with Crippen molar-refractivity contribution in [2.24, 2.45) is 0 Å². The van der Waals surface area contributed by atoms with Crippen molar-refractivity contribution in [3.8, 4) is 0 Å². The summed E-state index contributed by atoms with van der Waals surface area (Å²) < 4.78 is 6.23. The molecule has 0 fully saturated rings. The molecule has 0 aliphatic rings. The third-order valence-corrected chi connectivity index (χ3v) is 4.49. The first-order valence-electron chi connectivity index (χ1n) is 7.59. The zero-order valence-corrected chi connectivity index (χ0v) is 14.5. The quantitative estimate of drug-likeness (QED) is 0.768. The molecule has 1 aromatic carbocycles. The zero-order valence-electron chi connectivity index (χ0n) is 13.7. The number of aromatic nitrogens is 1. The number of rotatable bonds is 7. The van der Waals surface area contributed by atoms with Crippen LogP contribution >= 0.6 is 11.3 Å². The van der Waals surface area contributed by atoms with E-state index in [9.17, 15) is 14.4 Å². The van der Waals surface area contributed by atoms with Gasteiger partial charge in [-0.25, -0.2) is 0 Å². The molecule has 2 rings (SSSR count). The van der Waals surface area contributed by atoms with Crippen molar-refractivity contribution in [1.29, 1.82) is 0 Å². The van der Waals surface area contributed by atoms with Crippen molar-refractivity contribution < 1.29 is 14.3 Å². The minimum atomic E-state index is -0.604. The van der Waals surface area contributed by atoms with E-state index in [0.29, 0.717) is 12.2 Å². The highest BCUT2D eigenvalue weighted by Crippen LogP contribution is 2.06. The van der Waals surface area contributed by atoms with E-state index in [1.165, 1.54) is 15.7 Å². The minimum absolute atomic E-state index is 0.176. The maximum atomic E-state index is 11.7. The summed E-state index contributed by atoms with van der Waals surface area (Å²) in [5.74, 6) is -0.959. The molecular formula is C17H20N2O4S. The Morgan fingerprint density at radius 3 is 2.67 bits per heavy atom. The van der Waals surface area contributed by atoms with E-state index >= 15 is 0 Å². The van der Waals surface area contributed by atoms with E-state index in [4.69, 9.17) is 4.74 Å². The van der Waals surface area contributed by atoms with Crippen LogP contribution in [0.1, 0.15) is 16.8 Å². The van der Waals surface area contributed by atoms with Gasteiger partial charge in [0.1, 0.15) is 6.54 Å². The number of nitrogens with zero attached hydrogens (tertiary/aromatic N) is 1. The Bertz CT molecular complexity index is 779. The van der Waals surface area contributed by atoms with Crippen molar-refractivity contribution in [3.63, 3.8) is 0 Å². The molecule has 1 N–H and O–H groups in total. The van der Waals surface area contributed by atoms with Crippen LogP contribution in [0.4, 0.5) is 0 Å². The summed E-state index contributed by atoms with van der Waals surface area (Å²) in [5, 5.41) is 4.39. The Kier molecular flexibility index (Phi) is 6.31. The topological polar surface area (TPSA) is 77.4 Å². The van der Waals surface area contributed by atoms with Crippen molar-refractivity contribution in [2.75, 3.05) is 13.2 Å². The molecule has 0 unspecified atom stereocenters. The molecule has 2 aromatic rings. The highest BCUT2D eigenvalue weighted by molar-refractivity contribution is 7.07. The lowest BCUT2D eigenvalue weighted by Crippen LogP contribution is -2.31. The fourth-order valence-corrected chi connectivity index (χ4v) is 2.93. The van der Waals surface area contributed by atoms with Crippen LogP contribution in [0, 0.1) is 13.8 Å². The molecule has 0 saturated heterocycles. The van der Waals surface area contributed by atoms with Gasteiger partial charge in [0.25, 0.3) is 5.91 Å². The highest BCUT2D eigenvalue weighted by Gasteiger charge is 2.11. The normalized spacial score (nSPS) is 10.4.